The van der Waals surface area contributed by atoms with Crippen LogP contribution in [0, 0.1) is 0 Å². The average Bonchev–Trinajstić information content (AvgIpc) is 2.62. The molecule has 1 saturated heterocycles. The quantitative estimate of drug-likeness (QED) is 0.250. The second kappa shape index (κ2) is 7.99. The van der Waals surface area contributed by atoms with E-state index in [9.17, 15) is 30.3 Å². The predicted molar refractivity (Wildman–Crippen MR) is 85.2 cm³/mol. The molecule has 0 spiro atoms. The van der Waals surface area contributed by atoms with Gasteiger partial charge in [-0.05, 0) is 18.2 Å². The van der Waals surface area contributed by atoms with Gasteiger partial charge >= 0.3 is 11.9 Å². The van der Waals surface area contributed by atoms with Gasteiger partial charge in [-0.15, -0.1) is 0 Å². The van der Waals surface area contributed by atoms with Gasteiger partial charge in [-0.2, -0.15) is 0 Å². The number of carbonyl (C=O) groups is 1. The summed E-state index contributed by atoms with van der Waals surface area (Å²) in [6.45, 7) is -0.763. The number of hydrogen-bond acceptors (Lipinski definition) is 9. The summed E-state index contributed by atoms with van der Waals surface area (Å²) >= 11 is 0. The van der Waals surface area contributed by atoms with Crippen molar-refractivity contribution in [1.82, 2.24) is 0 Å². The lowest BCUT2D eigenvalue weighted by atomic mass is 9.98. The number of carboxylic acid groups (broad SMARTS) is 1. The van der Waals surface area contributed by atoms with E-state index in [-0.39, 0.29) is 11.3 Å². The van der Waals surface area contributed by atoms with Crippen molar-refractivity contribution in [3.63, 3.8) is 0 Å². The molecule has 1 aliphatic rings. The lowest BCUT2D eigenvalue weighted by Gasteiger charge is -2.44. The summed E-state index contributed by atoms with van der Waals surface area (Å²) < 4.78 is 15.3. The third-order valence-corrected chi connectivity index (χ3v) is 3.81. The highest BCUT2D eigenvalue weighted by Crippen LogP contribution is 2.34. The Morgan fingerprint density at radius 1 is 1.31 bits per heavy atom. The first-order valence-electron chi connectivity index (χ1n) is 7.55. The molecule has 1 fully saturated rings. The molecular formula is C16H20O10. The van der Waals surface area contributed by atoms with Crippen molar-refractivity contribution >= 4 is 12.0 Å². The van der Waals surface area contributed by atoms with Crippen LogP contribution in [0.3, 0.4) is 0 Å². The molecule has 0 aromatic heterocycles. The molecule has 1 aromatic rings. The van der Waals surface area contributed by atoms with Crippen LogP contribution in [0.25, 0.3) is 6.08 Å². The van der Waals surface area contributed by atoms with Crippen LogP contribution in [0.15, 0.2) is 24.3 Å². The number of carboxylic acids is 1. The first-order chi connectivity index (χ1) is 12.2. The number of aliphatic carboxylic acids is 1. The molecule has 1 unspecified atom stereocenters. The van der Waals surface area contributed by atoms with Crippen molar-refractivity contribution in [3.05, 3.63) is 29.8 Å². The van der Waals surface area contributed by atoms with Gasteiger partial charge in [0.05, 0.1) is 13.7 Å². The van der Waals surface area contributed by atoms with E-state index in [2.05, 4.69) is 0 Å². The molecule has 1 heterocycles. The molecule has 10 heteroatoms. The van der Waals surface area contributed by atoms with E-state index in [4.69, 9.17) is 19.3 Å². The molecule has 1 aromatic carbocycles. The van der Waals surface area contributed by atoms with Gasteiger partial charge in [0.1, 0.15) is 29.8 Å². The Balaban J connectivity index is 2.39. The summed E-state index contributed by atoms with van der Waals surface area (Å²) in [5.74, 6) is -3.88. The number of rotatable bonds is 6. The van der Waals surface area contributed by atoms with Gasteiger partial charge in [-0.25, -0.2) is 4.79 Å². The molecule has 2 rings (SSSR count). The zero-order chi connectivity index (χ0) is 19.5. The highest BCUT2D eigenvalue weighted by molar-refractivity contribution is 5.86. The van der Waals surface area contributed by atoms with Gasteiger partial charge in [-0.3, -0.25) is 0 Å². The summed E-state index contributed by atoms with van der Waals surface area (Å²) in [5, 5.41) is 58.1. The smallest absolute Gasteiger partial charge is 0.355 e. The van der Waals surface area contributed by atoms with Gasteiger partial charge in [0.15, 0.2) is 6.10 Å². The third-order valence-electron chi connectivity index (χ3n) is 3.81. The molecule has 0 bridgehead atoms. The normalized spacial score (nSPS) is 31.8. The van der Waals surface area contributed by atoms with E-state index in [0.717, 1.165) is 6.08 Å². The topological polar surface area (TPSA) is 166 Å². The fourth-order valence-electron chi connectivity index (χ4n) is 2.39. The van der Waals surface area contributed by atoms with Crippen LogP contribution in [-0.2, 0) is 9.53 Å². The summed E-state index contributed by atoms with van der Waals surface area (Å²) in [5.41, 5.74) is 0.193. The molecule has 5 atom stereocenters. The third kappa shape index (κ3) is 4.12. The molecule has 1 aliphatic heterocycles. The van der Waals surface area contributed by atoms with Crippen molar-refractivity contribution in [2.24, 2.45) is 0 Å². The van der Waals surface area contributed by atoms with Crippen LogP contribution in [0.2, 0.25) is 0 Å². The van der Waals surface area contributed by atoms with Crippen molar-refractivity contribution in [2.75, 3.05) is 13.7 Å². The zero-order valence-corrected chi connectivity index (χ0v) is 13.7. The lowest BCUT2D eigenvalue weighted by Crippen LogP contribution is -2.67. The Hall–Kier alpha value is -2.21. The molecule has 26 heavy (non-hydrogen) atoms. The van der Waals surface area contributed by atoms with Gasteiger partial charge in [0.2, 0.25) is 0 Å². The highest BCUT2D eigenvalue weighted by Gasteiger charge is 2.55. The maximum absolute atomic E-state index is 10.7. The van der Waals surface area contributed by atoms with E-state index in [0.29, 0.717) is 5.75 Å². The van der Waals surface area contributed by atoms with Gasteiger partial charge in [0, 0.05) is 17.7 Å². The zero-order valence-electron chi connectivity index (χ0n) is 13.7. The maximum Gasteiger partial charge on any atom is 0.355 e. The number of aliphatic hydroxyl groups excluding tert-OH is 4. The summed E-state index contributed by atoms with van der Waals surface area (Å²) in [6, 6.07) is 4.23. The Labute approximate surface area is 148 Å². The monoisotopic (exact) mass is 372 g/mol. The number of ether oxygens (including phenoxy) is 3. The van der Waals surface area contributed by atoms with Crippen molar-refractivity contribution in [3.8, 4) is 11.5 Å². The van der Waals surface area contributed by atoms with E-state index in [1.807, 2.05) is 0 Å². The number of benzene rings is 1. The average molecular weight is 372 g/mol. The van der Waals surface area contributed by atoms with Gasteiger partial charge in [-0.1, -0.05) is 0 Å². The first kappa shape index (κ1) is 20.1. The van der Waals surface area contributed by atoms with E-state index < -0.39 is 43.0 Å². The van der Waals surface area contributed by atoms with Gasteiger partial charge < -0.3 is 44.8 Å². The Kier molecular flexibility index (Phi) is 6.18. The second-order valence-corrected chi connectivity index (χ2v) is 5.57. The first-order valence-corrected chi connectivity index (χ1v) is 7.55. The predicted octanol–water partition coefficient (Wildman–Crippen LogP) is -1.71. The standard InChI is InChI=1S/C16H20O10/c1-24-9-4-2-8(3-5-12(18)19)10(6-9)25-16(23)15(22)14(21)13(20)11(7-17)26-16/h2-6,11,13-15,17,20-23H,7H2,1H3,(H,18,19)/b5-3+/t11-,13-,14+,15-,16?/m1/s1. The molecule has 0 aliphatic carbocycles. The van der Waals surface area contributed by atoms with Crippen molar-refractivity contribution in [2.45, 2.75) is 30.4 Å². The molecule has 0 radical (unpaired) electrons. The fourth-order valence-corrected chi connectivity index (χ4v) is 2.39. The molecular weight excluding hydrogens is 352 g/mol. The van der Waals surface area contributed by atoms with E-state index >= 15 is 0 Å². The minimum absolute atomic E-state index is 0.135. The van der Waals surface area contributed by atoms with Crippen molar-refractivity contribution in [1.29, 1.82) is 0 Å². The highest BCUT2D eigenvalue weighted by atomic mass is 16.8. The SMILES string of the molecule is COc1ccc(/C=C/C(=O)O)c(OC2(O)O[C@H](CO)[C@@H](O)[C@H](O)[C@H]2O)c1. The van der Waals surface area contributed by atoms with Crippen LogP contribution < -0.4 is 9.47 Å². The summed E-state index contributed by atoms with van der Waals surface area (Å²) in [6.07, 6.45) is -5.04. The van der Waals surface area contributed by atoms with Crippen LogP contribution in [0.4, 0.5) is 0 Å². The summed E-state index contributed by atoms with van der Waals surface area (Å²) in [7, 11) is 1.37. The lowest BCUT2D eigenvalue weighted by molar-refractivity contribution is -0.422. The molecule has 6 N–H and O–H groups in total. The molecule has 10 nitrogen and oxygen atoms in total. The van der Waals surface area contributed by atoms with Crippen LogP contribution in [-0.4, -0.2) is 80.7 Å². The fraction of sp³-hybridized carbons (Fsp3) is 0.438. The Bertz CT molecular complexity index is 673. The van der Waals surface area contributed by atoms with Crippen LogP contribution in [0.5, 0.6) is 11.5 Å². The Morgan fingerprint density at radius 3 is 2.58 bits per heavy atom. The van der Waals surface area contributed by atoms with E-state index in [1.165, 1.54) is 31.4 Å². The largest absolute Gasteiger partial charge is 0.497 e. The van der Waals surface area contributed by atoms with Crippen LogP contribution in [0.1, 0.15) is 5.56 Å². The number of methoxy groups -OCH3 is 1. The maximum atomic E-state index is 10.7. The minimum atomic E-state index is -2.82. The Morgan fingerprint density at radius 2 is 2.00 bits per heavy atom. The number of aliphatic hydroxyl groups is 5. The molecule has 0 saturated carbocycles. The van der Waals surface area contributed by atoms with Gasteiger partial charge in [0.25, 0.3) is 0 Å². The number of hydrogen-bond donors (Lipinski definition) is 6. The summed E-state index contributed by atoms with van der Waals surface area (Å²) in [4.78, 5) is 10.7. The van der Waals surface area contributed by atoms with Crippen molar-refractivity contribution < 1.29 is 49.6 Å². The molecule has 0 amide bonds. The molecule has 144 valence electrons. The minimum Gasteiger partial charge on any atom is -0.497 e. The van der Waals surface area contributed by atoms with Crippen LogP contribution >= 0.6 is 0 Å². The second-order valence-electron chi connectivity index (χ2n) is 5.57. The van der Waals surface area contributed by atoms with E-state index in [1.54, 1.807) is 0 Å².